The van der Waals surface area contributed by atoms with Crippen LogP contribution in [0.3, 0.4) is 0 Å². The van der Waals surface area contributed by atoms with Gasteiger partial charge in [0.15, 0.2) is 0 Å². The molecule has 27 heavy (non-hydrogen) atoms. The normalized spacial score (nSPS) is 12.8. The Bertz CT molecular complexity index is 1020. The molecule has 1 aliphatic rings. The summed E-state index contributed by atoms with van der Waals surface area (Å²) in [5, 5.41) is 3.54. The van der Waals surface area contributed by atoms with E-state index in [0.29, 0.717) is 22.7 Å². The lowest BCUT2D eigenvalue weighted by atomic mass is 10.1. The molecule has 4 rings (SSSR count). The summed E-state index contributed by atoms with van der Waals surface area (Å²) in [5.74, 6) is -0.266. The smallest absolute Gasteiger partial charge is 0.261 e. The van der Waals surface area contributed by atoms with Crippen molar-refractivity contribution in [3.63, 3.8) is 0 Å². The van der Waals surface area contributed by atoms with E-state index in [9.17, 15) is 9.59 Å². The number of pyridine rings is 1. The fraction of sp³-hybridized carbons (Fsp3) is 0.0952. The van der Waals surface area contributed by atoms with Crippen LogP contribution in [-0.4, -0.2) is 23.3 Å². The molecule has 2 heterocycles. The van der Waals surface area contributed by atoms with Gasteiger partial charge in [-0.3, -0.25) is 9.59 Å². The topological polar surface area (TPSA) is 62.3 Å². The van der Waals surface area contributed by atoms with Crippen LogP contribution in [0.25, 0.3) is 0 Å². The van der Waals surface area contributed by atoms with Crippen LogP contribution in [0.1, 0.15) is 27.6 Å². The minimum atomic E-state index is -0.190. The summed E-state index contributed by atoms with van der Waals surface area (Å²) in [5.41, 5.74) is 2.65. The van der Waals surface area contributed by atoms with Gasteiger partial charge in [-0.2, -0.15) is 0 Å². The molecule has 0 fully saturated rings. The van der Waals surface area contributed by atoms with E-state index in [1.165, 1.54) is 11.8 Å². The molecule has 1 N–H and O–H groups in total. The molecule has 1 aliphatic heterocycles. The van der Waals surface area contributed by atoms with Gasteiger partial charge in [-0.05, 0) is 49.4 Å². The van der Waals surface area contributed by atoms with Gasteiger partial charge in [0.1, 0.15) is 5.03 Å². The zero-order valence-corrected chi connectivity index (χ0v) is 15.5. The molecule has 0 radical (unpaired) electrons. The molecule has 0 saturated heterocycles. The Morgan fingerprint density at radius 1 is 1.11 bits per heavy atom. The van der Waals surface area contributed by atoms with Gasteiger partial charge in [0.25, 0.3) is 11.8 Å². The number of aromatic nitrogens is 1. The Labute approximate surface area is 161 Å². The minimum absolute atomic E-state index is 0.0756. The van der Waals surface area contributed by atoms with Crippen molar-refractivity contribution in [2.45, 2.75) is 16.8 Å². The Morgan fingerprint density at radius 3 is 2.70 bits per heavy atom. The molecule has 1 aromatic heterocycles. The van der Waals surface area contributed by atoms with E-state index >= 15 is 0 Å². The van der Waals surface area contributed by atoms with Crippen LogP contribution >= 0.6 is 11.8 Å². The average molecular weight is 375 g/mol. The molecule has 5 nitrogen and oxygen atoms in total. The van der Waals surface area contributed by atoms with Crippen molar-refractivity contribution >= 4 is 35.0 Å². The molecular formula is C21H17N3O2S. The van der Waals surface area contributed by atoms with Crippen molar-refractivity contribution in [2.75, 3.05) is 16.8 Å². The molecule has 2 amide bonds. The highest BCUT2D eigenvalue weighted by molar-refractivity contribution is 7.99. The first-order chi connectivity index (χ1) is 13.2. The van der Waals surface area contributed by atoms with Gasteiger partial charge in [0.05, 0.1) is 11.3 Å². The van der Waals surface area contributed by atoms with Gasteiger partial charge >= 0.3 is 0 Å². The van der Waals surface area contributed by atoms with Crippen molar-refractivity contribution in [2.24, 2.45) is 0 Å². The Kier molecular flexibility index (Phi) is 4.64. The summed E-state index contributed by atoms with van der Waals surface area (Å²) in [6, 6.07) is 18.3. The molecule has 0 saturated carbocycles. The zero-order valence-electron chi connectivity index (χ0n) is 14.7. The van der Waals surface area contributed by atoms with Crippen molar-refractivity contribution in [1.82, 2.24) is 4.98 Å². The zero-order chi connectivity index (χ0) is 18.8. The van der Waals surface area contributed by atoms with Crippen molar-refractivity contribution in [1.29, 1.82) is 0 Å². The molecule has 0 atom stereocenters. The molecule has 0 aliphatic carbocycles. The average Bonchev–Trinajstić information content (AvgIpc) is 2.82. The van der Waals surface area contributed by atoms with E-state index in [1.807, 2.05) is 49.4 Å². The first kappa shape index (κ1) is 17.3. The van der Waals surface area contributed by atoms with Crippen LogP contribution in [0.4, 0.5) is 11.4 Å². The third-order valence-corrected chi connectivity index (χ3v) is 5.38. The fourth-order valence-electron chi connectivity index (χ4n) is 2.99. The van der Waals surface area contributed by atoms with E-state index < -0.39 is 0 Å². The summed E-state index contributed by atoms with van der Waals surface area (Å²) in [6.07, 6.45) is 1.67. The maximum atomic E-state index is 12.9. The van der Waals surface area contributed by atoms with Crippen LogP contribution in [0.5, 0.6) is 0 Å². The number of anilines is 2. The lowest BCUT2D eigenvalue weighted by Crippen LogP contribution is -2.30. The molecule has 0 unspecified atom stereocenters. The Morgan fingerprint density at radius 2 is 1.93 bits per heavy atom. The Hall–Kier alpha value is -3.12. The summed E-state index contributed by atoms with van der Waals surface area (Å²) in [6.45, 7) is 2.47. The van der Waals surface area contributed by atoms with E-state index in [4.69, 9.17) is 0 Å². The van der Waals surface area contributed by atoms with E-state index in [-0.39, 0.29) is 11.8 Å². The number of hydrogen-bond donors (Lipinski definition) is 1. The van der Waals surface area contributed by atoms with E-state index in [2.05, 4.69) is 10.3 Å². The lowest BCUT2D eigenvalue weighted by molar-refractivity contribution is 0.0984. The van der Waals surface area contributed by atoms with Crippen LogP contribution < -0.4 is 10.2 Å². The predicted octanol–water partition coefficient (Wildman–Crippen LogP) is 4.47. The highest BCUT2D eigenvalue weighted by Crippen LogP contribution is 2.40. The minimum Gasteiger partial charge on any atom is -0.322 e. The third kappa shape index (κ3) is 3.31. The molecule has 0 bridgehead atoms. The number of para-hydroxylation sites is 1. The lowest BCUT2D eigenvalue weighted by Gasteiger charge is -2.21. The number of benzene rings is 2. The van der Waals surface area contributed by atoms with Crippen molar-refractivity contribution in [3.05, 3.63) is 78.0 Å². The summed E-state index contributed by atoms with van der Waals surface area (Å²) in [7, 11) is 0. The monoisotopic (exact) mass is 375 g/mol. The van der Waals surface area contributed by atoms with Crippen LogP contribution in [0.15, 0.2) is 76.8 Å². The molecule has 6 heteroatoms. The second kappa shape index (κ2) is 7.25. The van der Waals surface area contributed by atoms with Gasteiger partial charge in [-0.1, -0.05) is 30.0 Å². The second-order valence-corrected chi connectivity index (χ2v) is 7.04. The maximum Gasteiger partial charge on any atom is 0.261 e. The van der Waals surface area contributed by atoms with Gasteiger partial charge in [0, 0.05) is 28.9 Å². The van der Waals surface area contributed by atoms with E-state index in [1.54, 1.807) is 29.3 Å². The number of nitrogens with zero attached hydrogens (tertiary/aromatic N) is 2. The number of nitrogens with one attached hydrogen (secondary N) is 1. The summed E-state index contributed by atoms with van der Waals surface area (Å²) in [4.78, 5) is 32.4. The Balaban J connectivity index is 1.72. The quantitative estimate of drug-likeness (QED) is 0.734. The SMILES string of the molecule is CCN1C(=O)c2cccnc2Sc2cc(C(=O)Nc3ccccc3)ccc21. The van der Waals surface area contributed by atoms with Crippen LogP contribution in [-0.2, 0) is 0 Å². The second-order valence-electron chi connectivity index (χ2n) is 6.01. The van der Waals surface area contributed by atoms with Crippen LogP contribution in [0.2, 0.25) is 0 Å². The van der Waals surface area contributed by atoms with Gasteiger partial charge in [0.2, 0.25) is 0 Å². The van der Waals surface area contributed by atoms with Gasteiger partial charge in [-0.15, -0.1) is 0 Å². The number of amides is 2. The first-order valence-corrected chi connectivity index (χ1v) is 9.44. The molecular weight excluding hydrogens is 358 g/mol. The number of fused-ring (bicyclic) bond motifs is 2. The van der Waals surface area contributed by atoms with Crippen LogP contribution in [0, 0.1) is 0 Å². The number of hydrogen-bond acceptors (Lipinski definition) is 4. The number of rotatable bonds is 3. The largest absolute Gasteiger partial charge is 0.322 e. The summed E-state index contributed by atoms with van der Waals surface area (Å²) >= 11 is 1.41. The molecule has 134 valence electrons. The van der Waals surface area contributed by atoms with Gasteiger partial charge in [-0.25, -0.2) is 4.98 Å². The highest BCUT2D eigenvalue weighted by atomic mass is 32.2. The number of carbonyl (C=O) groups excluding carboxylic acids is 2. The maximum absolute atomic E-state index is 12.9. The first-order valence-electron chi connectivity index (χ1n) is 8.62. The molecule has 3 aromatic rings. The number of carbonyl (C=O) groups is 2. The fourth-order valence-corrected chi connectivity index (χ4v) is 4.05. The third-order valence-electron chi connectivity index (χ3n) is 4.31. The van der Waals surface area contributed by atoms with Gasteiger partial charge < -0.3 is 10.2 Å². The molecule has 0 spiro atoms. The predicted molar refractivity (Wildman–Crippen MR) is 107 cm³/mol. The standard InChI is InChI=1S/C21H17N3O2S/c1-2-24-17-11-10-14(19(25)23-15-7-4-3-5-8-15)13-18(17)27-20-16(21(24)26)9-6-12-22-20/h3-13H,2H2,1H3,(H,23,25). The van der Waals surface area contributed by atoms with Crippen molar-refractivity contribution in [3.8, 4) is 0 Å². The summed E-state index contributed by atoms with van der Waals surface area (Å²) < 4.78 is 0. The van der Waals surface area contributed by atoms with Crippen molar-refractivity contribution < 1.29 is 9.59 Å². The van der Waals surface area contributed by atoms with E-state index in [0.717, 1.165) is 16.3 Å². The molecule has 2 aromatic carbocycles. The highest BCUT2D eigenvalue weighted by Gasteiger charge is 2.27.